The van der Waals surface area contributed by atoms with Crippen LogP contribution in [-0.4, -0.2) is 34.0 Å². The SMILES string of the molecule is CC(C)(O)c1cc(C(CN([O-])Cc2cc(Cl)c(N)c(C=NC3CC3)c2)c2ccccc2)nc(-c2cccc(Cl)c2Cl)c1Cl.[K+]. The second kappa shape index (κ2) is 15.2. The van der Waals surface area contributed by atoms with Crippen molar-refractivity contribution in [3.05, 3.63) is 120 Å². The molecule has 224 valence electrons. The predicted molar refractivity (Wildman–Crippen MR) is 178 cm³/mol. The number of pyridine rings is 1. The quantitative estimate of drug-likeness (QED) is 0.0934. The molecule has 11 heteroatoms. The average Bonchev–Trinajstić information content (AvgIpc) is 3.79. The standard InChI is InChI=1S/C33H31Cl4N4O2.K/c1-33(2,42)25-15-28(40-32(30(25)37)23-9-6-10-26(34)29(23)36)24(20-7-4-3-5-8-20)18-41(43)17-19-13-21(16-39-22-11-12-22)31(38)27(35)14-19;/h3-10,13-16,22,24,42H,11-12,17-18,38H2,1-2H3;/q-1;+1. The van der Waals surface area contributed by atoms with E-state index >= 15 is 0 Å². The Morgan fingerprint density at radius 1 is 1.02 bits per heavy atom. The molecule has 6 nitrogen and oxygen atoms in total. The van der Waals surface area contributed by atoms with Gasteiger partial charge in [-0.05, 0) is 68.6 Å². The minimum absolute atomic E-state index is 0. The van der Waals surface area contributed by atoms with Gasteiger partial charge in [-0.15, -0.1) is 0 Å². The molecule has 1 aliphatic rings. The molecular formula is C33H31Cl4KN4O2. The van der Waals surface area contributed by atoms with Crippen LogP contribution in [0.5, 0.6) is 0 Å². The summed E-state index contributed by atoms with van der Waals surface area (Å²) < 4.78 is 0. The van der Waals surface area contributed by atoms with E-state index in [1.165, 1.54) is 0 Å². The zero-order valence-corrected chi connectivity index (χ0v) is 30.8. The summed E-state index contributed by atoms with van der Waals surface area (Å²) in [5, 5.41) is 27.0. The van der Waals surface area contributed by atoms with Gasteiger partial charge in [-0.25, -0.2) is 0 Å². The fourth-order valence-corrected chi connectivity index (χ4v) is 5.94. The third-order valence-corrected chi connectivity index (χ3v) is 8.85. The molecule has 0 bridgehead atoms. The molecule has 1 atom stereocenters. The van der Waals surface area contributed by atoms with Crippen LogP contribution in [0, 0.1) is 5.21 Å². The Labute approximate surface area is 320 Å². The van der Waals surface area contributed by atoms with Crippen molar-refractivity contribution in [3.8, 4) is 11.3 Å². The first-order valence-electron chi connectivity index (χ1n) is 13.9. The first-order chi connectivity index (χ1) is 20.4. The van der Waals surface area contributed by atoms with Crippen LogP contribution in [0.1, 0.15) is 60.6 Å². The summed E-state index contributed by atoms with van der Waals surface area (Å²) in [5.41, 5.74) is 9.49. The summed E-state index contributed by atoms with van der Waals surface area (Å²) >= 11 is 26.2. The van der Waals surface area contributed by atoms with Crippen LogP contribution in [0.3, 0.4) is 0 Å². The number of hydroxylamine groups is 2. The summed E-state index contributed by atoms with van der Waals surface area (Å²) in [5.74, 6) is -0.478. The van der Waals surface area contributed by atoms with Crippen LogP contribution >= 0.6 is 46.4 Å². The van der Waals surface area contributed by atoms with E-state index in [2.05, 4.69) is 4.99 Å². The second-order valence-corrected chi connectivity index (χ2v) is 12.9. The minimum Gasteiger partial charge on any atom is -0.785 e. The number of rotatable bonds is 10. The Balaban J connectivity index is 0.00000442. The number of nitrogens with two attached hydrogens (primary N) is 1. The smallest absolute Gasteiger partial charge is 0.785 e. The summed E-state index contributed by atoms with van der Waals surface area (Å²) in [6.07, 6.45) is 3.87. The molecule has 0 radical (unpaired) electrons. The van der Waals surface area contributed by atoms with Crippen molar-refractivity contribution < 1.29 is 56.5 Å². The van der Waals surface area contributed by atoms with Gasteiger partial charge in [0.1, 0.15) is 0 Å². The maximum atomic E-state index is 13.6. The van der Waals surface area contributed by atoms with Crippen LogP contribution in [0.4, 0.5) is 5.69 Å². The number of aromatic nitrogens is 1. The number of halogens is 4. The van der Waals surface area contributed by atoms with Gasteiger partial charge in [-0.2, -0.15) is 0 Å². The van der Waals surface area contributed by atoms with Crippen molar-refractivity contribution in [2.24, 2.45) is 4.99 Å². The number of aliphatic hydroxyl groups is 1. The summed E-state index contributed by atoms with van der Waals surface area (Å²) in [4.78, 5) is 9.46. The molecule has 1 saturated carbocycles. The van der Waals surface area contributed by atoms with Crippen LogP contribution in [-0.2, 0) is 12.1 Å². The fourth-order valence-electron chi connectivity index (χ4n) is 4.87. The molecule has 0 saturated heterocycles. The van der Waals surface area contributed by atoms with Crippen LogP contribution in [0.15, 0.2) is 71.7 Å². The molecule has 1 fully saturated rings. The Morgan fingerprint density at radius 2 is 1.73 bits per heavy atom. The van der Waals surface area contributed by atoms with Gasteiger partial charge < -0.3 is 21.1 Å². The van der Waals surface area contributed by atoms with Crippen molar-refractivity contribution >= 4 is 58.3 Å². The maximum Gasteiger partial charge on any atom is 1.00 e. The molecule has 3 aromatic carbocycles. The maximum absolute atomic E-state index is 13.6. The van der Waals surface area contributed by atoms with Crippen LogP contribution in [0.2, 0.25) is 20.1 Å². The van der Waals surface area contributed by atoms with Crippen molar-refractivity contribution in [2.75, 3.05) is 12.3 Å². The number of hydrogen-bond acceptors (Lipinski definition) is 6. The van der Waals surface area contributed by atoms with Gasteiger partial charge in [-0.3, -0.25) is 9.98 Å². The van der Waals surface area contributed by atoms with E-state index in [4.69, 9.17) is 57.1 Å². The van der Waals surface area contributed by atoms with Crippen molar-refractivity contribution in [1.82, 2.24) is 10.0 Å². The number of hydrogen-bond donors (Lipinski definition) is 2. The molecule has 5 rings (SSSR count). The van der Waals surface area contributed by atoms with E-state index in [-0.39, 0.29) is 69.5 Å². The first kappa shape index (κ1) is 35.8. The Kier molecular flexibility index (Phi) is 12.4. The largest absolute Gasteiger partial charge is 1.00 e. The summed E-state index contributed by atoms with van der Waals surface area (Å²) in [6.45, 7) is 3.41. The van der Waals surface area contributed by atoms with E-state index in [1.54, 1.807) is 50.4 Å². The Hall–Kier alpha value is -1.04. The molecule has 1 heterocycles. The van der Waals surface area contributed by atoms with Gasteiger partial charge in [-0.1, -0.05) is 88.9 Å². The van der Waals surface area contributed by atoms with Gasteiger partial charge in [0.2, 0.25) is 0 Å². The molecule has 0 aliphatic heterocycles. The van der Waals surface area contributed by atoms with E-state index in [9.17, 15) is 10.3 Å². The molecule has 1 aromatic heterocycles. The number of nitrogens with zero attached hydrogens (tertiary/aromatic N) is 3. The molecular weight excluding hydrogens is 665 g/mol. The first-order valence-corrected chi connectivity index (χ1v) is 15.4. The van der Waals surface area contributed by atoms with Gasteiger partial charge in [0.05, 0.1) is 48.8 Å². The fraction of sp³-hybridized carbons (Fsp3) is 0.273. The Bertz CT molecular complexity index is 1660. The van der Waals surface area contributed by atoms with Crippen molar-refractivity contribution in [1.29, 1.82) is 0 Å². The van der Waals surface area contributed by atoms with E-state index in [1.807, 2.05) is 36.4 Å². The van der Waals surface area contributed by atoms with Gasteiger partial charge >= 0.3 is 51.4 Å². The number of benzene rings is 3. The molecule has 44 heavy (non-hydrogen) atoms. The van der Waals surface area contributed by atoms with E-state index in [0.29, 0.717) is 60.4 Å². The molecule has 1 aliphatic carbocycles. The molecule has 0 spiro atoms. The average molecular weight is 697 g/mol. The summed E-state index contributed by atoms with van der Waals surface area (Å²) in [7, 11) is 0. The van der Waals surface area contributed by atoms with Gasteiger partial charge in [0.15, 0.2) is 0 Å². The number of aliphatic imine (C=N–C) groups is 1. The van der Waals surface area contributed by atoms with E-state index < -0.39 is 11.5 Å². The third-order valence-electron chi connectivity index (χ3n) is 7.34. The molecule has 1 unspecified atom stereocenters. The zero-order valence-electron chi connectivity index (χ0n) is 24.7. The molecule has 0 amide bonds. The Morgan fingerprint density at radius 3 is 2.39 bits per heavy atom. The number of nitrogen functional groups attached to an aromatic ring is 1. The van der Waals surface area contributed by atoms with Gasteiger partial charge in [0.25, 0.3) is 0 Å². The normalized spacial score (nSPS) is 14.2. The predicted octanol–water partition coefficient (Wildman–Crippen LogP) is 5.89. The van der Waals surface area contributed by atoms with Crippen LogP contribution < -0.4 is 57.1 Å². The zero-order chi connectivity index (χ0) is 30.9. The second-order valence-electron chi connectivity index (χ2n) is 11.3. The molecule has 3 N–H and O–H groups in total. The van der Waals surface area contributed by atoms with Crippen LogP contribution in [0.25, 0.3) is 11.3 Å². The monoisotopic (exact) mass is 694 g/mol. The van der Waals surface area contributed by atoms with Crippen molar-refractivity contribution in [2.45, 2.75) is 50.8 Å². The number of anilines is 1. The third kappa shape index (κ3) is 8.65. The summed E-state index contributed by atoms with van der Waals surface area (Å²) in [6, 6.07) is 20.5. The van der Waals surface area contributed by atoms with Crippen molar-refractivity contribution in [3.63, 3.8) is 0 Å². The topological polar surface area (TPSA) is 97.8 Å². The van der Waals surface area contributed by atoms with Gasteiger partial charge in [0, 0.05) is 35.4 Å². The minimum atomic E-state index is -1.31. The van der Waals surface area contributed by atoms with E-state index in [0.717, 1.165) is 23.5 Å². The molecule has 4 aromatic rings.